The zero-order valence-corrected chi connectivity index (χ0v) is 19.0. The number of H-pyrrole nitrogens is 1. The van der Waals surface area contributed by atoms with Crippen LogP contribution in [-0.4, -0.2) is 48.1 Å². The monoisotopic (exact) mass is 472 g/mol. The number of aromatic amines is 1. The Morgan fingerprint density at radius 3 is 2.69 bits per heavy atom. The second-order valence-corrected chi connectivity index (χ2v) is 7.78. The zero-order valence-electron chi connectivity index (χ0n) is 19.0. The number of pyridine rings is 1. The normalized spacial score (nSPS) is 11.1. The van der Waals surface area contributed by atoms with Gasteiger partial charge in [-0.1, -0.05) is 0 Å². The third-order valence-electron chi connectivity index (χ3n) is 5.53. The first-order valence-corrected chi connectivity index (χ1v) is 10.5. The first-order valence-electron chi connectivity index (χ1n) is 10.5. The molecule has 4 aromatic heterocycles. The molecule has 0 radical (unpaired) electrons. The van der Waals surface area contributed by atoms with Crippen molar-refractivity contribution < 1.29 is 14.3 Å². The SMILES string of the molecule is COc1ccn2c(C(=O)Nc3ccc(NC(=O)c4nn(C)c5c(=O)[nH]cnc45)cc3C)cnc2c1. The maximum absolute atomic E-state index is 12.9. The van der Waals surface area contributed by atoms with E-state index in [-0.39, 0.29) is 28.2 Å². The van der Waals surface area contributed by atoms with E-state index in [1.165, 1.54) is 17.2 Å². The molecule has 5 rings (SSSR count). The van der Waals surface area contributed by atoms with Crippen molar-refractivity contribution in [2.75, 3.05) is 17.7 Å². The Morgan fingerprint density at radius 2 is 1.91 bits per heavy atom. The number of hydrogen-bond acceptors (Lipinski definition) is 7. The molecule has 0 atom stereocenters. The van der Waals surface area contributed by atoms with Gasteiger partial charge in [-0.15, -0.1) is 0 Å². The first kappa shape index (κ1) is 21.8. The number of aryl methyl sites for hydroxylation is 2. The topological polar surface area (TPSA) is 148 Å². The summed E-state index contributed by atoms with van der Waals surface area (Å²) < 4.78 is 8.17. The van der Waals surface area contributed by atoms with Crippen LogP contribution in [0.3, 0.4) is 0 Å². The van der Waals surface area contributed by atoms with Gasteiger partial charge in [0, 0.05) is 30.7 Å². The molecule has 0 aliphatic heterocycles. The summed E-state index contributed by atoms with van der Waals surface area (Å²) >= 11 is 0. The summed E-state index contributed by atoms with van der Waals surface area (Å²) in [5, 5.41) is 9.77. The molecular weight excluding hydrogens is 452 g/mol. The van der Waals surface area contributed by atoms with Gasteiger partial charge in [-0.3, -0.25) is 23.5 Å². The van der Waals surface area contributed by atoms with Gasteiger partial charge in [0.1, 0.15) is 22.6 Å². The smallest absolute Gasteiger partial charge is 0.278 e. The summed E-state index contributed by atoms with van der Waals surface area (Å²) in [5.74, 6) is -0.199. The van der Waals surface area contributed by atoms with Gasteiger partial charge in [-0.25, -0.2) is 9.97 Å². The fourth-order valence-electron chi connectivity index (χ4n) is 3.78. The standard InChI is InChI=1S/C23H20N8O4/c1-12-8-13(27-22(33)19-18-20(30(2)29-19)23(34)26-11-25-18)4-5-15(12)28-21(32)16-10-24-17-9-14(35-3)6-7-31(16)17/h4-11H,1-3H3,(H,27,33)(H,28,32)(H,25,26,34). The Hall–Kier alpha value is -5.00. The molecule has 0 aliphatic carbocycles. The molecule has 1 aromatic carbocycles. The third kappa shape index (κ3) is 3.86. The van der Waals surface area contributed by atoms with Crippen LogP contribution < -0.4 is 20.9 Å². The lowest BCUT2D eigenvalue weighted by Gasteiger charge is -2.11. The van der Waals surface area contributed by atoms with Gasteiger partial charge in [-0.05, 0) is 36.8 Å². The van der Waals surface area contributed by atoms with Crippen molar-refractivity contribution in [1.29, 1.82) is 0 Å². The average molecular weight is 472 g/mol. The van der Waals surface area contributed by atoms with E-state index in [2.05, 4.69) is 30.7 Å². The summed E-state index contributed by atoms with van der Waals surface area (Å²) in [6.45, 7) is 1.81. The molecule has 5 aromatic rings. The van der Waals surface area contributed by atoms with Crippen LogP contribution in [0.15, 0.2) is 53.8 Å². The Labute approximate surface area is 197 Å². The molecule has 35 heavy (non-hydrogen) atoms. The molecule has 4 heterocycles. The Kier molecular flexibility index (Phi) is 5.24. The van der Waals surface area contributed by atoms with E-state index in [9.17, 15) is 14.4 Å². The number of anilines is 2. The highest BCUT2D eigenvalue weighted by Gasteiger charge is 2.20. The van der Waals surface area contributed by atoms with Crippen molar-refractivity contribution in [3.8, 4) is 5.75 Å². The second kappa shape index (κ2) is 8.41. The predicted octanol–water partition coefficient (Wildman–Crippen LogP) is 2.13. The molecule has 0 fully saturated rings. The second-order valence-electron chi connectivity index (χ2n) is 7.78. The molecule has 12 nitrogen and oxygen atoms in total. The van der Waals surface area contributed by atoms with E-state index >= 15 is 0 Å². The lowest BCUT2D eigenvalue weighted by Crippen LogP contribution is -2.16. The Morgan fingerprint density at radius 1 is 1.09 bits per heavy atom. The molecule has 0 unspecified atom stereocenters. The van der Waals surface area contributed by atoms with Crippen molar-refractivity contribution in [1.82, 2.24) is 29.1 Å². The quantitative estimate of drug-likeness (QED) is 0.355. The minimum absolute atomic E-state index is 0.0351. The van der Waals surface area contributed by atoms with Crippen LogP contribution in [0.4, 0.5) is 11.4 Å². The average Bonchev–Trinajstić information content (AvgIpc) is 3.42. The number of nitrogens with one attached hydrogen (secondary N) is 3. The molecule has 2 amide bonds. The highest BCUT2D eigenvalue weighted by Crippen LogP contribution is 2.22. The van der Waals surface area contributed by atoms with Gasteiger partial charge in [0.15, 0.2) is 11.2 Å². The van der Waals surface area contributed by atoms with Gasteiger partial charge < -0.3 is 20.4 Å². The van der Waals surface area contributed by atoms with Crippen LogP contribution >= 0.6 is 0 Å². The Bertz CT molecular complexity index is 1680. The fraction of sp³-hybridized carbons (Fsp3) is 0.130. The third-order valence-corrected chi connectivity index (χ3v) is 5.53. The number of rotatable bonds is 5. The van der Waals surface area contributed by atoms with Crippen molar-refractivity contribution in [2.45, 2.75) is 6.92 Å². The minimum atomic E-state index is -0.508. The van der Waals surface area contributed by atoms with Gasteiger partial charge in [0.2, 0.25) is 0 Å². The lowest BCUT2D eigenvalue weighted by molar-refractivity contribution is 0.101. The number of carbonyl (C=O) groups excluding carboxylic acids is 2. The van der Waals surface area contributed by atoms with Crippen LogP contribution in [0.1, 0.15) is 26.5 Å². The number of ether oxygens (including phenoxy) is 1. The summed E-state index contributed by atoms with van der Waals surface area (Å²) in [7, 11) is 3.13. The molecular formula is C23H20N8O4. The largest absolute Gasteiger partial charge is 0.497 e. The summed E-state index contributed by atoms with van der Waals surface area (Å²) in [4.78, 5) is 48.5. The lowest BCUT2D eigenvalue weighted by atomic mass is 10.1. The van der Waals surface area contributed by atoms with Crippen LogP contribution in [0.5, 0.6) is 5.75 Å². The molecule has 0 saturated carbocycles. The van der Waals surface area contributed by atoms with E-state index in [0.29, 0.717) is 28.5 Å². The Balaban J connectivity index is 1.35. The van der Waals surface area contributed by atoms with Crippen molar-refractivity contribution in [3.05, 3.63) is 76.4 Å². The van der Waals surface area contributed by atoms with Gasteiger partial charge in [0.25, 0.3) is 17.4 Å². The molecule has 0 aliphatic rings. The van der Waals surface area contributed by atoms with Crippen molar-refractivity contribution in [2.24, 2.45) is 7.05 Å². The summed E-state index contributed by atoms with van der Waals surface area (Å²) in [6.07, 6.45) is 4.43. The zero-order chi connectivity index (χ0) is 24.7. The summed E-state index contributed by atoms with van der Waals surface area (Å²) in [5.41, 5.74) is 2.82. The van der Waals surface area contributed by atoms with Crippen LogP contribution in [0.2, 0.25) is 0 Å². The van der Waals surface area contributed by atoms with Gasteiger partial charge >= 0.3 is 0 Å². The molecule has 12 heteroatoms. The fourth-order valence-corrected chi connectivity index (χ4v) is 3.78. The number of nitrogens with zero attached hydrogens (tertiary/aromatic N) is 5. The summed E-state index contributed by atoms with van der Waals surface area (Å²) in [6, 6.07) is 8.54. The molecule has 0 bridgehead atoms. The molecule has 3 N–H and O–H groups in total. The van der Waals surface area contributed by atoms with Crippen LogP contribution in [-0.2, 0) is 7.05 Å². The van der Waals surface area contributed by atoms with Crippen LogP contribution in [0, 0.1) is 6.92 Å². The maximum Gasteiger partial charge on any atom is 0.278 e. The number of fused-ring (bicyclic) bond motifs is 2. The molecule has 176 valence electrons. The van der Waals surface area contributed by atoms with Crippen molar-refractivity contribution >= 4 is 39.9 Å². The number of imidazole rings is 1. The molecule has 0 spiro atoms. The van der Waals surface area contributed by atoms with E-state index in [0.717, 1.165) is 5.56 Å². The van der Waals surface area contributed by atoms with Crippen molar-refractivity contribution in [3.63, 3.8) is 0 Å². The van der Waals surface area contributed by atoms with E-state index in [1.807, 2.05) is 6.92 Å². The highest BCUT2D eigenvalue weighted by molar-refractivity contribution is 6.10. The van der Waals surface area contributed by atoms with E-state index in [1.54, 1.807) is 55.1 Å². The van der Waals surface area contributed by atoms with E-state index in [4.69, 9.17) is 4.74 Å². The number of benzene rings is 1. The number of hydrogen-bond donors (Lipinski definition) is 3. The minimum Gasteiger partial charge on any atom is -0.497 e. The van der Waals surface area contributed by atoms with E-state index < -0.39 is 5.91 Å². The van der Waals surface area contributed by atoms with Gasteiger partial charge in [0.05, 0.1) is 19.6 Å². The first-order chi connectivity index (χ1) is 16.9. The highest BCUT2D eigenvalue weighted by atomic mass is 16.5. The number of methoxy groups -OCH3 is 1. The number of amides is 2. The predicted molar refractivity (Wildman–Crippen MR) is 128 cm³/mol. The maximum atomic E-state index is 12.9. The number of carbonyl (C=O) groups is 2. The molecule has 0 saturated heterocycles. The number of aromatic nitrogens is 6. The van der Waals surface area contributed by atoms with Gasteiger partial charge in [-0.2, -0.15) is 5.10 Å². The van der Waals surface area contributed by atoms with Crippen LogP contribution in [0.25, 0.3) is 16.7 Å².